The van der Waals surface area contributed by atoms with Crippen LogP contribution in [0.3, 0.4) is 0 Å². The van der Waals surface area contributed by atoms with Crippen molar-refractivity contribution in [2.45, 2.75) is 22.8 Å². The van der Waals surface area contributed by atoms with E-state index < -0.39 is 6.10 Å². The fraction of sp³-hybridized carbons (Fsp3) is 0.250. The summed E-state index contributed by atoms with van der Waals surface area (Å²) in [7, 11) is 1.88. The van der Waals surface area contributed by atoms with Crippen LogP contribution in [-0.2, 0) is 7.05 Å². The molecule has 1 aromatic carbocycles. The van der Waals surface area contributed by atoms with E-state index in [-0.39, 0.29) is 0 Å². The van der Waals surface area contributed by atoms with Crippen LogP contribution in [0.15, 0.2) is 40.4 Å². The van der Waals surface area contributed by atoms with Crippen LogP contribution in [0, 0.1) is 0 Å². The van der Waals surface area contributed by atoms with Crippen LogP contribution in [0.5, 0.6) is 0 Å². The number of aromatic nitrogens is 2. The summed E-state index contributed by atoms with van der Waals surface area (Å²) in [6.45, 7) is 1.70. The zero-order valence-electron chi connectivity index (χ0n) is 9.59. The Labute approximate surface area is 109 Å². The van der Waals surface area contributed by atoms with Crippen molar-refractivity contribution in [2.24, 2.45) is 7.05 Å². The standard InChI is InChI=1S/C12H13ClN2OS/c1-8(16)11-4-3-9(5-12(11)13)17-10-6-14-15(2)7-10/h3-8,16H,1-2H3. The quantitative estimate of drug-likeness (QED) is 0.928. The van der Waals surface area contributed by atoms with Gasteiger partial charge in [0.15, 0.2) is 0 Å². The summed E-state index contributed by atoms with van der Waals surface area (Å²) < 4.78 is 1.76. The molecule has 0 radical (unpaired) electrons. The first-order valence-electron chi connectivity index (χ1n) is 5.20. The van der Waals surface area contributed by atoms with E-state index in [2.05, 4.69) is 5.10 Å². The Morgan fingerprint density at radius 1 is 1.41 bits per heavy atom. The SMILES string of the molecule is CC(O)c1ccc(Sc2cnn(C)c2)cc1Cl. The van der Waals surface area contributed by atoms with Gasteiger partial charge in [-0.15, -0.1) is 0 Å². The van der Waals surface area contributed by atoms with Gasteiger partial charge in [-0.2, -0.15) is 5.10 Å². The van der Waals surface area contributed by atoms with Crippen LogP contribution in [0.1, 0.15) is 18.6 Å². The first-order chi connectivity index (χ1) is 8.06. The highest BCUT2D eigenvalue weighted by Gasteiger charge is 2.08. The topological polar surface area (TPSA) is 38.1 Å². The van der Waals surface area contributed by atoms with E-state index in [1.165, 1.54) is 0 Å². The maximum Gasteiger partial charge on any atom is 0.0776 e. The van der Waals surface area contributed by atoms with Crippen molar-refractivity contribution in [3.63, 3.8) is 0 Å². The third kappa shape index (κ3) is 3.03. The maximum absolute atomic E-state index is 9.48. The van der Waals surface area contributed by atoms with Gasteiger partial charge in [-0.25, -0.2) is 0 Å². The predicted octanol–water partition coefficient (Wildman–Crippen LogP) is 3.28. The molecule has 0 spiro atoms. The lowest BCUT2D eigenvalue weighted by Crippen LogP contribution is -1.91. The molecule has 2 aromatic rings. The average molecular weight is 269 g/mol. The van der Waals surface area contributed by atoms with E-state index in [0.717, 1.165) is 15.4 Å². The molecule has 0 aliphatic heterocycles. The molecule has 0 saturated carbocycles. The molecule has 17 heavy (non-hydrogen) atoms. The minimum Gasteiger partial charge on any atom is -0.389 e. The lowest BCUT2D eigenvalue weighted by Gasteiger charge is -2.08. The van der Waals surface area contributed by atoms with Crippen LogP contribution in [-0.4, -0.2) is 14.9 Å². The van der Waals surface area contributed by atoms with Gasteiger partial charge >= 0.3 is 0 Å². The van der Waals surface area contributed by atoms with Gasteiger partial charge in [0.1, 0.15) is 0 Å². The molecule has 0 amide bonds. The van der Waals surface area contributed by atoms with E-state index >= 15 is 0 Å². The number of aliphatic hydroxyl groups is 1. The van der Waals surface area contributed by atoms with Gasteiger partial charge in [0.25, 0.3) is 0 Å². The summed E-state index contributed by atoms with van der Waals surface area (Å²) in [4.78, 5) is 2.10. The minimum atomic E-state index is -0.542. The molecule has 2 rings (SSSR count). The summed E-state index contributed by atoms with van der Waals surface area (Å²) in [6.07, 6.45) is 3.21. The number of benzene rings is 1. The van der Waals surface area contributed by atoms with Gasteiger partial charge in [-0.1, -0.05) is 29.4 Å². The van der Waals surface area contributed by atoms with Crippen LogP contribution < -0.4 is 0 Å². The Morgan fingerprint density at radius 3 is 2.71 bits per heavy atom. The second kappa shape index (κ2) is 5.12. The molecule has 3 nitrogen and oxygen atoms in total. The van der Waals surface area contributed by atoms with Gasteiger partial charge in [0, 0.05) is 23.2 Å². The Bertz CT molecular complexity index is 525. The highest BCUT2D eigenvalue weighted by molar-refractivity contribution is 7.99. The maximum atomic E-state index is 9.48. The monoisotopic (exact) mass is 268 g/mol. The number of aryl methyl sites for hydroxylation is 1. The first-order valence-corrected chi connectivity index (χ1v) is 6.39. The van der Waals surface area contributed by atoms with Crippen molar-refractivity contribution >= 4 is 23.4 Å². The summed E-state index contributed by atoms with van der Waals surface area (Å²) in [6, 6.07) is 5.67. The molecule has 0 saturated heterocycles. The fourth-order valence-corrected chi connectivity index (χ4v) is 2.79. The van der Waals surface area contributed by atoms with E-state index in [1.54, 1.807) is 29.6 Å². The summed E-state index contributed by atoms with van der Waals surface area (Å²) in [5.74, 6) is 0. The van der Waals surface area contributed by atoms with Gasteiger partial charge in [0.05, 0.1) is 17.2 Å². The largest absolute Gasteiger partial charge is 0.389 e. The molecule has 0 aliphatic carbocycles. The van der Waals surface area contributed by atoms with Crippen molar-refractivity contribution < 1.29 is 5.11 Å². The number of rotatable bonds is 3. The minimum absolute atomic E-state index is 0.542. The number of hydrogen-bond donors (Lipinski definition) is 1. The number of hydrogen-bond acceptors (Lipinski definition) is 3. The Balaban J connectivity index is 2.20. The number of nitrogens with zero attached hydrogens (tertiary/aromatic N) is 2. The number of halogens is 1. The van der Waals surface area contributed by atoms with Gasteiger partial charge in [-0.3, -0.25) is 4.68 Å². The molecule has 1 N–H and O–H groups in total. The predicted molar refractivity (Wildman–Crippen MR) is 69.4 cm³/mol. The smallest absolute Gasteiger partial charge is 0.0776 e. The molecule has 0 aliphatic rings. The molecule has 1 atom stereocenters. The molecule has 0 fully saturated rings. The second-order valence-corrected chi connectivity index (χ2v) is 5.37. The molecule has 1 unspecified atom stereocenters. The average Bonchev–Trinajstić information content (AvgIpc) is 2.63. The molecule has 0 bridgehead atoms. The van der Waals surface area contributed by atoms with Crippen molar-refractivity contribution in [3.8, 4) is 0 Å². The van der Waals surface area contributed by atoms with E-state index in [0.29, 0.717) is 5.02 Å². The van der Waals surface area contributed by atoms with E-state index in [9.17, 15) is 5.11 Å². The normalized spacial score (nSPS) is 12.7. The van der Waals surface area contributed by atoms with Gasteiger partial charge in [0.2, 0.25) is 0 Å². The van der Waals surface area contributed by atoms with E-state index in [1.807, 2.05) is 31.4 Å². The van der Waals surface area contributed by atoms with Crippen LogP contribution in [0.25, 0.3) is 0 Å². The highest BCUT2D eigenvalue weighted by atomic mass is 35.5. The lowest BCUT2D eigenvalue weighted by molar-refractivity contribution is 0.199. The van der Waals surface area contributed by atoms with Crippen LogP contribution >= 0.6 is 23.4 Å². The molecular weight excluding hydrogens is 256 g/mol. The first kappa shape index (κ1) is 12.5. The van der Waals surface area contributed by atoms with Crippen molar-refractivity contribution in [1.82, 2.24) is 9.78 Å². The van der Waals surface area contributed by atoms with E-state index in [4.69, 9.17) is 11.6 Å². The molecule has 1 heterocycles. The zero-order valence-corrected chi connectivity index (χ0v) is 11.2. The Kier molecular flexibility index (Phi) is 3.76. The second-order valence-electron chi connectivity index (χ2n) is 3.81. The summed E-state index contributed by atoms with van der Waals surface area (Å²) in [5.41, 5.74) is 0.752. The van der Waals surface area contributed by atoms with Gasteiger partial charge in [-0.05, 0) is 24.6 Å². The summed E-state index contributed by atoms with van der Waals surface area (Å²) >= 11 is 7.70. The molecule has 90 valence electrons. The fourth-order valence-electron chi connectivity index (χ4n) is 1.50. The van der Waals surface area contributed by atoms with Crippen LogP contribution in [0.4, 0.5) is 0 Å². The lowest BCUT2D eigenvalue weighted by atomic mass is 10.1. The Morgan fingerprint density at radius 2 is 2.18 bits per heavy atom. The summed E-state index contributed by atoms with van der Waals surface area (Å²) in [5, 5.41) is 14.2. The van der Waals surface area contributed by atoms with Crippen LogP contribution in [0.2, 0.25) is 5.02 Å². The van der Waals surface area contributed by atoms with Crippen molar-refractivity contribution in [1.29, 1.82) is 0 Å². The van der Waals surface area contributed by atoms with Gasteiger partial charge < -0.3 is 5.11 Å². The third-order valence-electron chi connectivity index (χ3n) is 2.34. The third-order valence-corrected chi connectivity index (χ3v) is 3.60. The number of aliphatic hydroxyl groups excluding tert-OH is 1. The van der Waals surface area contributed by atoms with Crippen molar-refractivity contribution in [3.05, 3.63) is 41.2 Å². The molecular formula is C12H13ClN2OS. The Hall–Kier alpha value is -0.970. The molecule has 5 heteroatoms. The van der Waals surface area contributed by atoms with Crippen molar-refractivity contribution in [2.75, 3.05) is 0 Å². The molecule has 1 aromatic heterocycles. The zero-order chi connectivity index (χ0) is 12.4. The highest BCUT2D eigenvalue weighted by Crippen LogP contribution is 2.32.